The summed E-state index contributed by atoms with van der Waals surface area (Å²) >= 11 is 0. The number of benzene rings is 2. The lowest BCUT2D eigenvalue weighted by atomic mass is 10.1. The minimum atomic E-state index is 0.881. The van der Waals surface area contributed by atoms with Gasteiger partial charge in [0.2, 0.25) is 5.96 Å². The minimum Gasteiger partial charge on any atom is -0.308 e. The summed E-state index contributed by atoms with van der Waals surface area (Å²) in [6.07, 6.45) is 0. The summed E-state index contributed by atoms with van der Waals surface area (Å²) in [7, 11) is 0. The average Bonchev–Trinajstić information content (AvgIpc) is 3.06. The molecule has 2 aliphatic rings. The number of rotatable bonds is 2. The molecule has 0 unspecified atom stereocenters. The third-order valence-electron chi connectivity index (χ3n) is 4.42. The van der Waals surface area contributed by atoms with Gasteiger partial charge < -0.3 is 9.80 Å². The molecule has 21 heavy (non-hydrogen) atoms. The van der Waals surface area contributed by atoms with Crippen molar-refractivity contribution in [2.75, 3.05) is 22.9 Å². The molecule has 0 amide bonds. The SMILES string of the molecule is Cc1cc2c(cc1C)N(Cc1ccccc1)C1=NCCN12. The molecule has 0 saturated carbocycles. The molecule has 3 nitrogen and oxygen atoms in total. The van der Waals surface area contributed by atoms with Crippen LogP contribution in [0.15, 0.2) is 47.5 Å². The van der Waals surface area contributed by atoms with Gasteiger partial charge in [0.15, 0.2) is 0 Å². The van der Waals surface area contributed by atoms with Crippen molar-refractivity contribution in [3.05, 3.63) is 59.2 Å². The predicted molar refractivity (Wildman–Crippen MR) is 88.2 cm³/mol. The highest BCUT2D eigenvalue weighted by atomic mass is 15.5. The van der Waals surface area contributed by atoms with Gasteiger partial charge in [-0.3, -0.25) is 4.99 Å². The van der Waals surface area contributed by atoms with Gasteiger partial charge in [0.25, 0.3) is 0 Å². The molecule has 0 spiro atoms. The number of hydrogen-bond donors (Lipinski definition) is 0. The van der Waals surface area contributed by atoms with E-state index in [0.29, 0.717) is 0 Å². The van der Waals surface area contributed by atoms with Crippen molar-refractivity contribution >= 4 is 17.3 Å². The van der Waals surface area contributed by atoms with Crippen molar-refractivity contribution in [2.45, 2.75) is 20.4 Å². The van der Waals surface area contributed by atoms with E-state index in [1.807, 2.05) is 0 Å². The molecule has 4 rings (SSSR count). The van der Waals surface area contributed by atoms with Gasteiger partial charge in [-0.05, 0) is 42.7 Å². The lowest BCUT2D eigenvalue weighted by Crippen LogP contribution is -2.34. The van der Waals surface area contributed by atoms with E-state index in [2.05, 4.69) is 66.1 Å². The Morgan fingerprint density at radius 2 is 1.71 bits per heavy atom. The van der Waals surface area contributed by atoms with Crippen LogP contribution in [0.5, 0.6) is 0 Å². The van der Waals surface area contributed by atoms with E-state index in [-0.39, 0.29) is 0 Å². The molecule has 0 atom stereocenters. The second-order valence-electron chi connectivity index (χ2n) is 5.83. The Balaban J connectivity index is 1.79. The lowest BCUT2D eigenvalue weighted by molar-refractivity contribution is 1.01. The van der Waals surface area contributed by atoms with E-state index in [4.69, 9.17) is 4.99 Å². The monoisotopic (exact) mass is 277 g/mol. The number of fused-ring (bicyclic) bond motifs is 3. The first-order chi connectivity index (χ1) is 10.2. The van der Waals surface area contributed by atoms with Gasteiger partial charge in [0.05, 0.1) is 24.5 Å². The van der Waals surface area contributed by atoms with Crippen LogP contribution in [-0.4, -0.2) is 19.0 Å². The Morgan fingerprint density at radius 3 is 2.48 bits per heavy atom. The zero-order chi connectivity index (χ0) is 14.4. The van der Waals surface area contributed by atoms with Crippen LogP contribution >= 0.6 is 0 Å². The average molecular weight is 277 g/mol. The van der Waals surface area contributed by atoms with Crippen LogP contribution in [0.2, 0.25) is 0 Å². The fraction of sp³-hybridized carbons (Fsp3) is 0.278. The molecule has 0 aliphatic carbocycles. The molecule has 0 aromatic heterocycles. The van der Waals surface area contributed by atoms with E-state index in [1.54, 1.807) is 0 Å². The van der Waals surface area contributed by atoms with Crippen molar-refractivity contribution < 1.29 is 0 Å². The Morgan fingerprint density at radius 1 is 1.00 bits per heavy atom. The second-order valence-corrected chi connectivity index (χ2v) is 5.83. The second kappa shape index (κ2) is 4.62. The van der Waals surface area contributed by atoms with E-state index in [0.717, 1.165) is 25.6 Å². The molecule has 2 heterocycles. The maximum Gasteiger partial charge on any atom is 0.206 e. The van der Waals surface area contributed by atoms with Crippen LogP contribution in [0.1, 0.15) is 16.7 Å². The predicted octanol–water partition coefficient (Wildman–Crippen LogP) is 3.50. The Hall–Kier alpha value is -2.29. The summed E-state index contributed by atoms with van der Waals surface area (Å²) in [4.78, 5) is 9.42. The summed E-state index contributed by atoms with van der Waals surface area (Å²) in [5, 5.41) is 0. The zero-order valence-corrected chi connectivity index (χ0v) is 12.5. The third kappa shape index (κ3) is 1.92. The third-order valence-corrected chi connectivity index (χ3v) is 4.42. The molecule has 0 N–H and O–H groups in total. The molecule has 3 heteroatoms. The number of hydrogen-bond acceptors (Lipinski definition) is 3. The highest BCUT2D eigenvalue weighted by Gasteiger charge is 2.35. The van der Waals surface area contributed by atoms with Crippen LogP contribution in [0.3, 0.4) is 0 Å². The normalized spacial score (nSPS) is 16.0. The van der Waals surface area contributed by atoms with E-state index < -0.39 is 0 Å². The fourth-order valence-corrected chi connectivity index (χ4v) is 3.14. The van der Waals surface area contributed by atoms with E-state index in [1.165, 1.54) is 28.1 Å². The highest BCUT2D eigenvalue weighted by molar-refractivity contribution is 6.17. The molecule has 2 aromatic carbocycles. The van der Waals surface area contributed by atoms with Gasteiger partial charge in [-0.1, -0.05) is 30.3 Å². The number of nitrogens with zero attached hydrogens (tertiary/aromatic N) is 3. The largest absolute Gasteiger partial charge is 0.308 e. The maximum atomic E-state index is 4.72. The molecule has 0 radical (unpaired) electrons. The first-order valence-electron chi connectivity index (χ1n) is 7.49. The van der Waals surface area contributed by atoms with Gasteiger partial charge in [0.1, 0.15) is 0 Å². The van der Waals surface area contributed by atoms with Gasteiger partial charge >= 0.3 is 0 Å². The van der Waals surface area contributed by atoms with Crippen LogP contribution in [0, 0.1) is 13.8 Å². The first kappa shape index (κ1) is 12.5. The number of aryl methyl sites for hydroxylation is 2. The van der Waals surface area contributed by atoms with Gasteiger partial charge in [-0.2, -0.15) is 0 Å². The number of aliphatic imine (C=N–C) groups is 1. The molecule has 2 aliphatic heterocycles. The molecule has 0 fully saturated rings. The highest BCUT2D eigenvalue weighted by Crippen LogP contribution is 2.41. The van der Waals surface area contributed by atoms with Gasteiger partial charge in [-0.25, -0.2) is 0 Å². The Kier molecular flexibility index (Phi) is 2.74. The van der Waals surface area contributed by atoms with Crippen LogP contribution in [0.4, 0.5) is 11.4 Å². The zero-order valence-electron chi connectivity index (χ0n) is 12.5. The summed E-state index contributed by atoms with van der Waals surface area (Å²) in [5.41, 5.74) is 6.61. The van der Waals surface area contributed by atoms with Crippen molar-refractivity contribution in [1.82, 2.24) is 0 Å². The molecule has 106 valence electrons. The van der Waals surface area contributed by atoms with Crippen LogP contribution in [-0.2, 0) is 6.54 Å². The molecular weight excluding hydrogens is 258 g/mol. The summed E-state index contributed by atoms with van der Waals surface area (Å²) in [6, 6.07) is 15.2. The number of anilines is 2. The van der Waals surface area contributed by atoms with Crippen LogP contribution in [0.25, 0.3) is 0 Å². The summed E-state index contributed by atoms with van der Waals surface area (Å²) in [5.74, 6) is 1.11. The van der Waals surface area contributed by atoms with Crippen LogP contribution < -0.4 is 9.80 Å². The first-order valence-corrected chi connectivity index (χ1v) is 7.49. The lowest BCUT2D eigenvalue weighted by Gasteiger charge is -2.19. The number of guanidine groups is 1. The summed E-state index contributed by atoms with van der Waals surface area (Å²) < 4.78 is 0. The molecule has 2 aromatic rings. The van der Waals surface area contributed by atoms with Crippen molar-refractivity contribution in [1.29, 1.82) is 0 Å². The minimum absolute atomic E-state index is 0.881. The molecule has 0 saturated heterocycles. The summed E-state index contributed by atoms with van der Waals surface area (Å²) in [6.45, 7) is 7.14. The van der Waals surface area contributed by atoms with E-state index >= 15 is 0 Å². The topological polar surface area (TPSA) is 18.8 Å². The van der Waals surface area contributed by atoms with Crippen molar-refractivity contribution in [2.24, 2.45) is 4.99 Å². The fourth-order valence-electron chi connectivity index (χ4n) is 3.14. The van der Waals surface area contributed by atoms with E-state index in [9.17, 15) is 0 Å². The smallest absolute Gasteiger partial charge is 0.206 e. The van der Waals surface area contributed by atoms with Crippen molar-refractivity contribution in [3.63, 3.8) is 0 Å². The van der Waals surface area contributed by atoms with Gasteiger partial charge in [-0.15, -0.1) is 0 Å². The molecular formula is C18H19N3. The van der Waals surface area contributed by atoms with Gasteiger partial charge in [0, 0.05) is 6.54 Å². The quantitative estimate of drug-likeness (QED) is 0.836. The Bertz CT molecular complexity index is 719. The molecule has 0 bridgehead atoms. The van der Waals surface area contributed by atoms with Crippen molar-refractivity contribution in [3.8, 4) is 0 Å². The maximum absolute atomic E-state index is 4.72. The Labute approximate surface area is 125 Å². The standard InChI is InChI=1S/C18H19N3/c1-13-10-16-17(11-14(13)2)21(18-19-8-9-20(16)18)12-15-6-4-3-5-7-15/h3-7,10-11H,8-9,12H2,1-2H3.